The fourth-order valence-corrected chi connectivity index (χ4v) is 8.23. The van der Waals surface area contributed by atoms with Crippen molar-refractivity contribution in [3.63, 3.8) is 0 Å². The predicted octanol–water partition coefficient (Wildman–Crippen LogP) is 4.98. The Labute approximate surface area is 202 Å². The fraction of sp³-hybridized carbons (Fsp3) is 0.667. The Morgan fingerprint density at radius 1 is 0.545 bits per heavy atom. The van der Waals surface area contributed by atoms with E-state index in [0.29, 0.717) is 25.7 Å². The molecule has 0 aromatic rings. The summed E-state index contributed by atoms with van der Waals surface area (Å²) in [4.78, 5) is 49.9. The van der Waals surface area contributed by atoms with Gasteiger partial charge in [0.25, 0.3) is 0 Å². The molecule has 184 valence electrons. The zero-order valence-corrected chi connectivity index (χ0v) is 22.7. The van der Waals surface area contributed by atoms with Gasteiger partial charge in [-0.3, -0.25) is 0 Å². The quantitative estimate of drug-likeness (QED) is 0.213. The second kappa shape index (κ2) is 14.4. The summed E-state index contributed by atoms with van der Waals surface area (Å²) in [6.07, 6.45) is 15.0. The van der Waals surface area contributed by atoms with Gasteiger partial charge in [-0.15, -0.1) is 0 Å². The molecule has 0 amide bonds. The molecule has 8 nitrogen and oxygen atoms in total. The van der Waals surface area contributed by atoms with Crippen LogP contribution in [0.5, 0.6) is 0 Å². The number of rotatable bonds is 14. The third-order valence-corrected chi connectivity index (χ3v) is 10.7. The van der Waals surface area contributed by atoms with Gasteiger partial charge in [0.05, 0.1) is 0 Å². The van der Waals surface area contributed by atoms with E-state index in [4.69, 9.17) is 12.3 Å². The summed E-state index contributed by atoms with van der Waals surface area (Å²) in [5, 5.41) is 0. The maximum atomic E-state index is 12.6. The van der Waals surface area contributed by atoms with Crippen LogP contribution >= 0.6 is 0 Å². The summed E-state index contributed by atoms with van der Waals surface area (Å²) < 4.78 is 20.9. The van der Waals surface area contributed by atoms with Gasteiger partial charge in [-0.1, -0.05) is 0 Å². The number of hydrogen-bond donors (Lipinski definition) is 0. The van der Waals surface area contributed by atoms with Crippen molar-refractivity contribution in [2.45, 2.75) is 104 Å². The van der Waals surface area contributed by atoms with Crippen molar-refractivity contribution in [1.82, 2.24) is 0 Å². The molecule has 0 fully saturated rings. The third-order valence-electron chi connectivity index (χ3n) is 5.59. The minimum atomic E-state index is -5.56. The molecule has 0 aromatic heterocycles. The van der Waals surface area contributed by atoms with E-state index in [2.05, 4.69) is 13.8 Å². The second-order valence-corrected chi connectivity index (χ2v) is 13.7. The number of carbonyl (C=O) groups is 4. The van der Waals surface area contributed by atoms with Crippen LogP contribution in [0.25, 0.3) is 0 Å². The van der Waals surface area contributed by atoms with Crippen LogP contribution in [0, 0.1) is 0 Å². The molecule has 0 radical (unpaired) electrons. The summed E-state index contributed by atoms with van der Waals surface area (Å²) in [5.41, 5.74) is 0.279. The Kier molecular flexibility index (Phi) is 12.0. The number of hydrogen-bond acceptors (Lipinski definition) is 8. The molecule has 33 heavy (non-hydrogen) atoms. The average molecular weight is 571 g/mol. The van der Waals surface area contributed by atoms with Crippen LogP contribution in [0.15, 0.2) is 23.3 Å². The monoisotopic (exact) mass is 572 g/mol. The predicted molar refractivity (Wildman–Crippen MR) is 122 cm³/mol. The van der Waals surface area contributed by atoms with Crippen molar-refractivity contribution < 1.29 is 31.5 Å². The van der Waals surface area contributed by atoms with E-state index >= 15 is 0 Å². The van der Waals surface area contributed by atoms with Crippen LogP contribution in [-0.4, -0.2) is 43.9 Å². The van der Waals surface area contributed by atoms with Gasteiger partial charge in [0.2, 0.25) is 0 Å². The summed E-state index contributed by atoms with van der Waals surface area (Å²) in [6, 6.07) is 0. The topological polar surface area (TPSA) is 105 Å². The molecule has 0 atom stereocenters. The van der Waals surface area contributed by atoms with Crippen LogP contribution in [0.2, 0.25) is 0 Å². The first kappa shape index (κ1) is 27.4. The van der Waals surface area contributed by atoms with E-state index in [0.717, 1.165) is 63.5 Å². The molecule has 9 heteroatoms. The van der Waals surface area contributed by atoms with Gasteiger partial charge in [-0.2, -0.15) is 0 Å². The Morgan fingerprint density at radius 2 is 0.909 bits per heavy atom. The first-order valence-corrected chi connectivity index (χ1v) is 16.9. The van der Waals surface area contributed by atoms with Crippen LogP contribution < -0.4 is 0 Å². The van der Waals surface area contributed by atoms with Crippen molar-refractivity contribution in [3.05, 3.63) is 23.3 Å². The summed E-state index contributed by atoms with van der Waals surface area (Å²) in [7, 11) is 0. The maximum absolute atomic E-state index is 12.6. The first-order chi connectivity index (χ1) is 15.9. The van der Waals surface area contributed by atoms with Gasteiger partial charge in [-0.25, -0.2) is 0 Å². The molecule has 0 unspecified atom stereocenters. The Hall–Kier alpha value is -1.84. The van der Waals surface area contributed by atoms with Gasteiger partial charge >= 0.3 is 202 Å². The fourth-order valence-electron chi connectivity index (χ4n) is 3.73. The number of carbonyl (C=O) groups excluding carboxylic acids is 4. The van der Waals surface area contributed by atoms with Crippen LogP contribution in [-0.2, 0) is 31.5 Å². The Bertz CT molecular complexity index is 706. The first-order valence-electron chi connectivity index (χ1n) is 12.2. The average Bonchev–Trinajstić information content (AvgIpc) is 2.94. The molecule has 2 aliphatic rings. The zero-order valence-electron chi connectivity index (χ0n) is 19.8. The van der Waals surface area contributed by atoms with Gasteiger partial charge < -0.3 is 0 Å². The van der Waals surface area contributed by atoms with Gasteiger partial charge in [0, 0.05) is 0 Å². The molecule has 0 saturated heterocycles. The standard InChI is InChI=1S/2C12H20O4.Sn/c2*1-2-3-4-5-6-7-8-10(12(15)16)9-11(13)14;/h2*9H,2-8H2,1H3,(H,13,14)(H,15,16);/q;;+4/p-4. The molecule has 2 heterocycles. The summed E-state index contributed by atoms with van der Waals surface area (Å²) >= 11 is -5.56. The minimum absolute atomic E-state index is 0.140. The van der Waals surface area contributed by atoms with E-state index in [1.54, 1.807) is 0 Å². The molecule has 0 saturated carbocycles. The zero-order chi connectivity index (χ0) is 24.1. The Balaban J connectivity index is 1.93. The molecule has 0 aromatic carbocycles. The van der Waals surface area contributed by atoms with Crippen molar-refractivity contribution in [2.24, 2.45) is 0 Å². The molecule has 2 aliphatic heterocycles. The van der Waals surface area contributed by atoms with E-state index in [1.165, 1.54) is 12.8 Å². The van der Waals surface area contributed by atoms with Crippen molar-refractivity contribution >= 4 is 43.9 Å². The molecular weight excluding hydrogens is 535 g/mol. The second-order valence-electron chi connectivity index (χ2n) is 8.50. The molecule has 0 aliphatic carbocycles. The molecule has 1 spiro atoms. The van der Waals surface area contributed by atoms with Gasteiger partial charge in [-0.05, 0) is 0 Å². The van der Waals surface area contributed by atoms with Crippen molar-refractivity contribution in [2.75, 3.05) is 0 Å². The summed E-state index contributed by atoms with van der Waals surface area (Å²) in [5.74, 6) is -3.44. The van der Waals surface area contributed by atoms with E-state index in [1.807, 2.05) is 0 Å². The van der Waals surface area contributed by atoms with E-state index in [-0.39, 0.29) is 11.1 Å². The molecule has 0 bridgehead atoms. The van der Waals surface area contributed by atoms with Crippen LogP contribution in [0.4, 0.5) is 0 Å². The summed E-state index contributed by atoms with van der Waals surface area (Å²) in [6.45, 7) is 4.28. The van der Waals surface area contributed by atoms with Gasteiger partial charge in [0.1, 0.15) is 0 Å². The SMILES string of the molecule is CCCCCCCCC1=CC(=O)[O][Sn]2([O]C(=O)C=C(CCCCCCCC)C(=O)[O]2)[O]C1=O. The van der Waals surface area contributed by atoms with E-state index in [9.17, 15) is 19.2 Å². The molecule has 2 rings (SSSR count). The van der Waals surface area contributed by atoms with Crippen molar-refractivity contribution in [1.29, 1.82) is 0 Å². The number of unbranched alkanes of at least 4 members (excludes halogenated alkanes) is 10. The molecular formula is C24H36O8Sn. The van der Waals surface area contributed by atoms with Crippen LogP contribution in [0.1, 0.15) is 104 Å². The molecule has 0 N–H and O–H groups in total. The van der Waals surface area contributed by atoms with Crippen LogP contribution in [0.3, 0.4) is 0 Å². The van der Waals surface area contributed by atoms with Gasteiger partial charge in [0.15, 0.2) is 0 Å². The van der Waals surface area contributed by atoms with E-state index < -0.39 is 43.9 Å². The normalized spacial score (nSPS) is 17.9. The Morgan fingerprint density at radius 3 is 1.30 bits per heavy atom. The van der Waals surface area contributed by atoms with Crippen molar-refractivity contribution in [3.8, 4) is 0 Å². The third kappa shape index (κ3) is 9.50.